The van der Waals surface area contributed by atoms with Crippen molar-refractivity contribution in [3.63, 3.8) is 0 Å². The molecule has 76 valence electrons. The lowest BCUT2D eigenvalue weighted by atomic mass is 10.1. The second-order valence-electron chi connectivity index (χ2n) is 3.94. The smallest absolute Gasteiger partial charge is 0.293 e. The molecule has 0 fully saturated rings. The molecule has 1 aliphatic carbocycles. The lowest BCUT2D eigenvalue weighted by Gasteiger charge is -2.01. The first-order valence-electron chi connectivity index (χ1n) is 5.04. The zero-order valence-corrected chi connectivity index (χ0v) is 8.16. The van der Waals surface area contributed by atoms with Crippen LogP contribution in [0.3, 0.4) is 0 Å². The fourth-order valence-corrected chi connectivity index (χ4v) is 2.23. The van der Waals surface area contributed by atoms with Crippen molar-refractivity contribution in [3.05, 3.63) is 51.7 Å². The molecular formula is C11H11N3O. The molecule has 3 rings (SSSR count). The summed E-state index contributed by atoms with van der Waals surface area (Å²) in [6, 6.07) is 8.38. The van der Waals surface area contributed by atoms with Crippen LogP contribution in [0.4, 0.5) is 0 Å². The molecule has 0 atom stereocenters. The fraction of sp³-hybridized carbons (Fsp3) is 0.273. The maximum Gasteiger partial charge on any atom is 0.340 e. The molecule has 0 unspecified atom stereocenters. The van der Waals surface area contributed by atoms with E-state index in [0.29, 0.717) is 5.92 Å². The number of fused-ring (bicyclic) bond motifs is 1. The highest BCUT2D eigenvalue weighted by Gasteiger charge is 2.24. The predicted molar refractivity (Wildman–Crippen MR) is 55.8 cm³/mol. The molecule has 0 aliphatic heterocycles. The summed E-state index contributed by atoms with van der Waals surface area (Å²) in [6.45, 7) is 0. The van der Waals surface area contributed by atoms with Gasteiger partial charge in [-0.2, -0.15) is 5.10 Å². The number of nitrogens with zero attached hydrogens (tertiary/aromatic N) is 1. The van der Waals surface area contributed by atoms with Crippen LogP contribution in [0.1, 0.15) is 22.9 Å². The van der Waals surface area contributed by atoms with Crippen LogP contribution in [0.15, 0.2) is 29.1 Å². The van der Waals surface area contributed by atoms with Gasteiger partial charge in [0.25, 0.3) is 0 Å². The number of rotatable bonds is 1. The van der Waals surface area contributed by atoms with Crippen molar-refractivity contribution in [1.29, 1.82) is 0 Å². The normalized spacial score (nSPS) is 15.5. The van der Waals surface area contributed by atoms with Gasteiger partial charge in [0.1, 0.15) is 5.82 Å². The summed E-state index contributed by atoms with van der Waals surface area (Å²) in [6.07, 6.45) is 1.94. The SMILES string of the molecule is O=c1[nH]nc(C2Cc3ccccc3C2)[nH]1. The Morgan fingerprint density at radius 2 is 1.87 bits per heavy atom. The lowest BCUT2D eigenvalue weighted by molar-refractivity contribution is 0.686. The molecule has 1 heterocycles. The van der Waals surface area contributed by atoms with E-state index in [4.69, 9.17) is 0 Å². The van der Waals surface area contributed by atoms with Gasteiger partial charge in [-0.1, -0.05) is 24.3 Å². The van der Waals surface area contributed by atoms with E-state index in [1.54, 1.807) is 0 Å². The summed E-state index contributed by atoms with van der Waals surface area (Å²) >= 11 is 0. The van der Waals surface area contributed by atoms with Crippen molar-refractivity contribution >= 4 is 0 Å². The molecule has 1 aliphatic rings. The van der Waals surface area contributed by atoms with Gasteiger partial charge in [0.15, 0.2) is 0 Å². The first-order valence-corrected chi connectivity index (χ1v) is 5.04. The Morgan fingerprint density at radius 1 is 1.20 bits per heavy atom. The van der Waals surface area contributed by atoms with Gasteiger partial charge in [0.2, 0.25) is 0 Å². The molecule has 2 N–H and O–H groups in total. The molecule has 0 spiro atoms. The van der Waals surface area contributed by atoms with Crippen LogP contribution in [0, 0.1) is 0 Å². The Labute approximate surface area is 86.4 Å². The van der Waals surface area contributed by atoms with Crippen LogP contribution in [0.5, 0.6) is 0 Å². The average Bonchev–Trinajstić information content (AvgIpc) is 2.82. The highest BCUT2D eigenvalue weighted by molar-refractivity contribution is 5.34. The van der Waals surface area contributed by atoms with E-state index < -0.39 is 0 Å². The Balaban J connectivity index is 1.93. The Morgan fingerprint density at radius 3 is 2.40 bits per heavy atom. The third-order valence-electron chi connectivity index (χ3n) is 2.96. The van der Waals surface area contributed by atoms with E-state index in [0.717, 1.165) is 18.7 Å². The van der Waals surface area contributed by atoms with Crippen molar-refractivity contribution in [2.75, 3.05) is 0 Å². The maximum absolute atomic E-state index is 10.9. The molecule has 1 aromatic heterocycles. The first kappa shape index (κ1) is 8.47. The van der Waals surface area contributed by atoms with Crippen LogP contribution in [0.25, 0.3) is 0 Å². The van der Waals surface area contributed by atoms with Gasteiger partial charge in [0.05, 0.1) is 0 Å². The van der Waals surface area contributed by atoms with E-state index >= 15 is 0 Å². The van der Waals surface area contributed by atoms with Crippen LogP contribution >= 0.6 is 0 Å². The Hall–Kier alpha value is -1.84. The number of benzene rings is 1. The van der Waals surface area contributed by atoms with Crippen LogP contribution in [0.2, 0.25) is 0 Å². The van der Waals surface area contributed by atoms with Gasteiger partial charge in [0, 0.05) is 5.92 Å². The standard InChI is InChI=1S/C11H11N3O/c15-11-12-10(13-14-11)9-5-7-3-1-2-4-8(7)6-9/h1-4,9H,5-6H2,(H2,12,13,14,15). The fourth-order valence-electron chi connectivity index (χ4n) is 2.23. The van der Waals surface area contributed by atoms with Crippen molar-refractivity contribution in [2.24, 2.45) is 0 Å². The molecule has 0 saturated heterocycles. The van der Waals surface area contributed by atoms with E-state index in [1.165, 1.54) is 11.1 Å². The highest BCUT2D eigenvalue weighted by atomic mass is 16.1. The average molecular weight is 201 g/mol. The summed E-state index contributed by atoms with van der Waals surface area (Å²) in [5, 5.41) is 6.40. The molecule has 4 heteroatoms. The van der Waals surface area contributed by atoms with E-state index in [1.807, 2.05) is 0 Å². The number of nitrogens with one attached hydrogen (secondary N) is 2. The van der Waals surface area contributed by atoms with E-state index in [2.05, 4.69) is 39.4 Å². The summed E-state index contributed by atoms with van der Waals surface area (Å²) in [5.41, 5.74) is 2.51. The number of hydrogen-bond donors (Lipinski definition) is 2. The Bertz CT molecular complexity index is 516. The van der Waals surface area contributed by atoms with Crippen LogP contribution < -0.4 is 5.69 Å². The molecule has 0 radical (unpaired) electrons. The lowest BCUT2D eigenvalue weighted by Crippen LogP contribution is -2.04. The zero-order chi connectivity index (χ0) is 10.3. The molecule has 0 bridgehead atoms. The molecule has 0 amide bonds. The zero-order valence-electron chi connectivity index (χ0n) is 8.16. The third kappa shape index (κ3) is 1.38. The quantitative estimate of drug-likeness (QED) is 0.722. The molecule has 4 nitrogen and oxygen atoms in total. The van der Waals surface area contributed by atoms with Gasteiger partial charge >= 0.3 is 5.69 Å². The van der Waals surface area contributed by atoms with Gasteiger partial charge in [-0.05, 0) is 24.0 Å². The van der Waals surface area contributed by atoms with Crippen molar-refractivity contribution < 1.29 is 0 Å². The number of aromatic amines is 2. The maximum atomic E-state index is 10.9. The topological polar surface area (TPSA) is 61.5 Å². The van der Waals surface area contributed by atoms with E-state index in [-0.39, 0.29) is 5.69 Å². The second-order valence-corrected chi connectivity index (χ2v) is 3.94. The Kier molecular flexibility index (Phi) is 1.74. The van der Waals surface area contributed by atoms with Crippen LogP contribution in [-0.4, -0.2) is 15.2 Å². The van der Waals surface area contributed by atoms with E-state index in [9.17, 15) is 4.79 Å². The summed E-state index contributed by atoms with van der Waals surface area (Å²) in [7, 11) is 0. The molecular weight excluding hydrogens is 190 g/mol. The third-order valence-corrected chi connectivity index (χ3v) is 2.96. The minimum absolute atomic E-state index is 0.221. The minimum atomic E-state index is -0.221. The van der Waals surface area contributed by atoms with Gasteiger partial charge in [-0.15, -0.1) is 0 Å². The summed E-state index contributed by atoms with van der Waals surface area (Å²) in [4.78, 5) is 13.7. The van der Waals surface area contributed by atoms with Crippen molar-refractivity contribution in [3.8, 4) is 0 Å². The number of hydrogen-bond acceptors (Lipinski definition) is 2. The predicted octanol–water partition coefficient (Wildman–Crippen LogP) is 0.980. The van der Waals surface area contributed by atoms with Gasteiger partial charge in [-0.25, -0.2) is 9.89 Å². The largest absolute Gasteiger partial charge is 0.340 e. The first-order chi connectivity index (χ1) is 7.33. The molecule has 15 heavy (non-hydrogen) atoms. The summed E-state index contributed by atoms with van der Waals surface area (Å²) in [5.74, 6) is 1.09. The monoisotopic (exact) mass is 201 g/mol. The molecule has 2 aromatic rings. The van der Waals surface area contributed by atoms with Crippen molar-refractivity contribution in [1.82, 2.24) is 15.2 Å². The summed E-state index contributed by atoms with van der Waals surface area (Å²) < 4.78 is 0. The van der Waals surface area contributed by atoms with Gasteiger partial charge in [-0.3, -0.25) is 4.98 Å². The van der Waals surface area contributed by atoms with Gasteiger partial charge < -0.3 is 0 Å². The number of aromatic nitrogens is 3. The second kappa shape index (κ2) is 3.08. The molecule has 0 saturated carbocycles. The highest BCUT2D eigenvalue weighted by Crippen LogP contribution is 2.31. The number of H-pyrrole nitrogens is 2. The van der Waals surface area contributed by atoms with Crippen molar-refractivity contribution in [2.45, 2.75) is 18.8 Å². The molecule has 1 aromatic carbocycles. The van der Waals surface area contributed by atoms with Crippen LogP contribution in [-0.2, 0) is 12.8 Å². The minimum Gasteiger partial charge on any atom is -0.293 e.